The monoisotopic (exact) mass is 382 g/mol. The molecule has 2 aromatic heterocycles. The molecule has 0 aliphatic heterocycles. The third kappa shape index (κ3) is 4.73. The highest BCUT2D eigenvalue weighted by atomic mass is 15.0. The smallest absolute Gasteiger partial charge is 0.134 e. The first-order valence-electron chi connectivity index (χ1n) is 9.41. The number of nitrogens with zero attached hydrogens (tertiary/aromatic N) is 4. The van der Waals surface area contributed by atoms with Crippen molar-refractivity contribution >= 4 is 23.0 Å². The van der Waals surface area contributed by atoms with Crippen molar-refractivity contribution in [1.82, 2.24) is 19.9 Å². The van der Waals surface area contributed by atoms with E-state index in [-0.39, 0.29) is 0 Å². The zero-order chi connectivity index (χ0) is 20.2. The number of hydrogen-bond donors (Lipinski definition) is 2. The first-order valence-corrected chi connectivity index (χ1v) is 9.41. The molecule has 0 saturated heterocycles. The molecule has 0 radical (unpaired) electrons. The number of aryl methyl sites for hydroxylation is 3. The van der Waals surface area contributed by atoms with E-state index in [1.54, 1.807) is 6.33 Å². The maximum absolute atomic E-state index is 4.57. The molecule has 0 spiro atoms. The number of hydrogen-bond acceptors (Lipinski definition) is 6. The van der Waals surface area contributed by atoms with Crippen LogP contribution < -0.4 is 10.6 Å². The second-order valence-electron chi connectivity index (χ2n) is 6.92. The molecule has 0 aliphatic rings. The van der Waals surface area contributed by atoms with Gasteiger partial charge < -0.3 is 10.6 Å². The quantitative estimate of drug-likeness (QED) is 0.485. The maximum atomic E-state index is 4.57. The van der Waals surface area contributed by atoms with E-state index < -0.39 is 0 Å². The van der Waals surface area contributed by atoms with E-state index in [1.807, 2.05) is 50.2 Å². The van der Waals surface area contributed by atoms with Gasteiger partial charge in [0.25, 0.3) is 0 Å². The van der Waals surface area contributed by atoms with Crippen LogP contribution in [0.2, 0.25) is 0 Å². The van der Waals surface area contributed by atoms with Gasteiger partial charge in [0.15, 0.2) is 0 Å². The lowest BCUT2D eigenvalue weighted by atomic mass is 10.1. The minimum Gasteiger partial charge on any atom is -0.340 e. The molecule has 0 fully saturated rings. The Hall–Kier alpha value is -3.80. The van der Waals surface area contributed by atoms with Crippen LogP contribution in [0.4, 0.5) is 23.0 Å². The largest absolute Gasteiger partial charge is 0.340 e. The molecule has 0 aliphatic carbocycles. The molecule has 4 aromatic rings. The van der Waals surface area contributed by atoms with Crippen molar-refractivity contribution < 1.29 is 0 Å². The fourth-order valence-corrected chi connectivity index (χ4v) is 2.96. The highest BCUT2D eigenvalue weighted by Gasteiger charge is 2.06. The Morgan fingerprint density at radius 3 is 1.97 bits per heavy atom. The van der Waals surface area contributed by atoms with Gasteiger partial charge in [-0.3, -0.25) is 0 Å². The Balaban J connectivity index is 1.51. The van der Waals surface area contributed by atoms with Gasteiger partial charge in [0.05, 0.1) is 5.69 Å². The zero-order valence-electron chi connectivity index (χ0n) is 16.6. The lowest BCUT2D eigenvalue weighted by Crippen LogP contribution is -1.99. The third-order valence-corrected chi connectivity index (χ3v) is 4.42. The lowest BCUT2D eigenvalue weighted by Gasteiger charge is -2.10. The van der Waals surface area contributed by atoms with Gasteiger partial charge in [0, 0.05) is 34.8 Å². The summed E-state index contributed by atoms with van der Waals surface area (Å²) in [6.45, 7) is 5.92. The molecule has 0 saturated carbocycles. The maximum Gasteiger partial charge on any atom is 0.134 e. The van der Waals surface area contributed by atoms with Crippen LogP contribution in [0.15, 0.2) is 67.0 Å². The number of benzene rings is 2. The summed E-state index contributed by atoms with van der Waals surface area (Å²) in [4.78, 5) is 17.4. The van der Waals surface area contributed by atoms with Crippen LogP contribution >= 0.6 is 0 Å². The SMILES string of the molecule is Cc1ccc(-c2cc(Nc3ccc(Nc4cc(C)ncn4)cc3)nc(C)n2)cc1. The molecule has 6 heteroatoms. The minimum absolute atomic E-state index is 0.725. The summed E-state index contributed by atoms with van der Waals surface area (Å²) in [6, 6.07) is 20.2. The van der Waals surface area contributed by atoms with Crippen LogP contribution in [0.5, 0.6) is 0 Å². The van der Waals surface area contributed by atoms with Crippen molar-refractivity contribution in [2.75, 3.05) is 10.6 Å². The van der Waals surface area contributed by atoms with E-state index in [0.29, 0.717) is 0 Å². The van der Waals surface area contributed by atoms with Gasteiger partial charge in [0.1, 0.15) is 23.8 Å². The third-order valence-electron chi connectivity index (χ3n) is 4.42. The van der Waals surface area contributed by atoms with Crippen LogP contribution in [0, 0.1) is 20.8 Å². The van der Waals surface area contributed by atoms with Gasteiger partial charge in [-0.05, 0) is 45.0 Å². The van der Waals surface area contributed by atoms with Crippen LogP contribution in [-0.2, 0) is 0 Å². The Morgan fingerprint density at radius 2 is 1.31 bits per heavy atom. The van der Waals surface area contributed by atoms with Gasteiger partial charge in [-0.15, -0.1) is 0 Å². The highest BCUT2D eigenvalue weighted by molar-refractivity contribution is 5.67. The Kier molecular flexibility index (Phi) is 5.16. The summed E-state index contributed by atoms with van der Waals surface area (Å²) >= 11 is 0. The number of nitrogens with one attached hydrogen (secondary N) is 2. The summed E-state index contributed by atoms with van der Waals surface area (Å²) in [5.41, 5.74) is 6.02. The molecule has 6 nitrogen and oxygen atoms in total. The van der Waals surface area contributed by atoms with E-state index in [0.717, 1.165) is 45.8 Å². The predicted octanol–water partition coefficient (Wildman–Crippen LogP) is 5.35. The van der Waals surface area contributed by atoms with E-state index in [9.17, 15) is 0 Å². The van der Waals surface area contributed by atoms with Crippen molar-refractivity contribution in [3.63, 3.8) is 0 Å². The van der Waals surface area contributed by atoms with Crippen LogP contribution in [0.1, 0.15) is 17.1 Å². The number of anilines is 4. The van der Waals surface area contributed by atoms with Crippen molar-refractivity contribution in [3.05, 3.63) is 84.1 Å². The van der Waals surface area contributed by atoms with E-state index in [4.69, 9.17) is 0 Å². The molecule has 0 amide bonds. The Labute approximate surface area is 170 Å². The normalized spacial score (nSPS) is 10.6. The van der Waals surface area contributed by atoms with Crippen molar-refractivity contribution in [1.29, 1.82) is 0 Å². The summed E-state index contributed by atoms with van der Waals surface area (Å²) in [5, 5.41) is 6.64. The van der Waals surface area contributed by atoms with Crippen molar-refractivity contribution in [2.24, 2.45) is 0 Å². The Morgan fingerprint density at radius 1 is 0.655 bits per heavy atom. The first-order chi connectivity index (χ1) is 14.0. The average Bonchev–Trinajstić information content (AvgIpc) is 2.70. The fraction of sp³-hybridized carbons (Fsp3) is 0.130. The molecule has 4 rings (SSSR count). The molecule has 0 bridgehead atoms. The molecule has 0 unspecified atom stereocenters. The first kappa shape index (κ1) is 18.6. The summed E-state index contributed by atoms with van der Waals surface area (Å²) in [6.07, 6.45) is 1.55. The molecule has 29 heavy (non-hydrogen) atoms. The molecule has 2 aromatic carbocycles. The van der Waals surface area contributed by atoms with Gasteiger partial charge in [0.2, 0.25) is 0 Å². The number of aromatic nitrogens is 4. The second kappa shape index (κ2) is 8.06. The minimum atomic E-state index is 0.725. The van der Waals surface area contributed by atoms with Crippen molar-refractivity contribution in [3.8, 4) is 11.3 Å². The number of rotatable bonds is 5. The van der Waals surface area contributed by atoms with Crippen LogP contribution in [-0.4, -0.2) is 19.9 Å². The van der Waals surface area contributed by atoms with Crippen LogP contribution in [0.25, 0.3) is 11.3 Å². The standard InChI is InChI=1S/C23H22N6/c1-15-4-6-18(7-5-15)21-13-23(27-17(3)26-21)29-20-10-8-19(9-11-20)28-22-12-16(2)24-14-25-22/h4-14H,1-3H3,(H,24,25,28)(H,26,27,29). The van der Waals surface area contributed by atoms with E-state index >= 15 is 0 Å². The predicted molar refractivity (Wildman–Crippen MR) is 117 cm³/mol. The fourth-order valence-electron chi connectivity index (χ4n) is 2.96. The van der Waals surface area contributed by atoms with Gasteiger partial charge in [-0.1, -0.05) is 29.8 Å². The topological polar surface area (TPSA) is 75.6 Å². The zero-order valence-corrected chi connectivity index (χ0v) is 16.6. The Bertz CT molecular complexity index is 1120. The molecular weight excluding hydrogens is 360 g/mol. The summed E-state index contributed by atoms with van der Waals surface area (Å²) in [5.74, 6) is 2.26. The molecule has 144 valence electrons. The van der Waals surface area contributed by atoms with E-state index in [2.05, 4.69) is 61.8 Å². The average molecular weight is 382 g/mol. The summed E-state index contributed by atoms with van der Waals surface area (Å²) < 4.78 is 0. The molecule has 0 atom stereocenters. The van der Waals surface area contributed by atoms with Gasteiger partial charge in [-0.2, -0.15) is 0 Å². The molecule has 2 N–H and O–H groups in total. The molecular formula is C23H22N6. The highest BCUT2D eigenvalue weighted by Crippen LogP contribution is 2.24. The second-order valence-corrected chi connectivity index (χ2v) is 6.92. The van der Waals surface area contributed by atoms with E-state index in [1.165, 1.54) is 5.56 Å². The van der Waals surface area contributed by atoms with Crippen molar-refractivity contribution in [2.45, 2.75) is 20.8 Å². The lowest BCUT2D eigenvalue weighted by molar-refractivity contribution is 1.06. The summed E-state index contributed by atoms with van der Waals surface area (Å²) in [7, 11) is 0. The molecule has 2 heterocycles. The van der Waals surface area contributed by atoms with Gasteiger partial charge in [-0.25, -0.2) is 19.9 Å². The van der Waals surface area contributed by atoms with Crippen LogP contribution in [0.3, 0.4) is 0 Å². The van der Waals surface area contributed by atoms with Gasteiger partial charge >= 0.3 is 0 Å².